The normalized spacial score (nSPS) is 22.4. The molecule has 0 bridgehead atoms. The van der Waals surface area contributed by atoms with Crippen molar-refractivity contribution in [2.24, 2.45) is 27.1 Å². The SMILES string of the molecule is CC(C)CC1(C(C)C(=O)c2ccc(Cl)cc2)N=CN=N1. The van der Waals surface area contributed by atoms with E-state index in [1.807, 2.05) is 6.92 Å². The van der Waals surface area contributed by atoms with E-state index in [4.69, 9.17) is 11.6 Å². The molecule has 0 saturated carbocycles. The number of carbonyl (C=O) groups excluding carboxylic acids is 1. The lowest BCUT2D eigenvalue weighted by molar-refractivity contribution is 0.0855. The Morgan fingerprint density at radius 3 is 2.40 bits per heavy atom. The molecule has 1 aromatic rings. The van der Waals surface area contributed by atoms with Gasteiger partial charge in [0.2, 0.25) is 0 Å². The molecule has 2 rings (SSSR count). The van der Waals surface area contributed by atoms with Gasteiger partial charge in [0.25, 0.3) is 0 Å². The summed E-state index contributed by atoms with van der Waals surface area (Å²) in [5.74, 6) is 0.0403. The van der Waals surface area contributed by atoms with Gasteiger partial charge in [0.05, 0.1) is 5.92 Å². The zero-order chi connectivity index (χ0) is 14.8. The molecule has 1 aliphatic rings. The average molecular weight is 292 g/mol. The average Bonchev–Trinajstić information content (AvgIpc) is 2.87. The number of hydrogen-bond acceptors (Lipinski definition) is 4. The maximum absolute atomic E-state index is 12.6. The van der Waals surface area contributed by atoms with Gasteiger partial charge in [0, 0.05) is 10.6 Å². The summed E-state index contributed by atoms with van der Waals surface area (Å²) in [4.78, 5) is 17.0. The summed E-state index contributed by atoms with van der Waals surface area (Å²) < 4.78 is 0. The fourth-order valence-electron chi connectivity index (χ4n) is 2.42. The van der Waals surface area contributed by atoms with Gasteiger partial charge in [-0.25, -0.2) is 4.99 Å². The Kier molecular flexibility index (Phi) is 4.33. The van der Waals surface area contributed by atoms with Crippen LogP contribution in [0.1, 0.15) is 37.6 Å². The smallest absolute Gasteiger partial charge is 0.182 e. The lowest BCUT2D eigenvalue weighted by atomic mass is 9.82. The molecular formula is C15H18ClN3O. The van der Waals surface area contributed by atoms with E-state index in [1.54, 1.807) is 24.3 Å². The Morgan fingerprint density at radius 1 is 1.25 bits per heavy atom. The fourth-order valence-corrected chi connectivity index (χ4v) is 2.55. The van der Waals surface area contributed by atoms with Crippen LogP contribution in [0.5, 0.6) is 0 Å². The number of rotatable bonds is 5. The van der Waals surface area contributed by atoms with Crippen LogP contribution < -0.4 is 0 Å². The van der Waals surface area contributed by atoms with Crippen LogP contribution >= 0.6 is 11.6 Å². The molecule has 2 unspecified atom stereocenters. The minimum atomic E-state index is -0.759. The van der Waals surface area contributed by atoms with Crippen molar-refractivity contribution < 1.29 is 4.79 Å². The van der Waals surface area contributed by atoms with Crippen LogP contribution in [0.25, 0.3) is 0 Å². The number of azo groups is 1. The third-order valence-electron chi connectivity index (χ3n) is 3.49. The van der Waals surface area contributed by atoms with Gasteiger partial charge in [-0.3, -0.25) is 4.79 Å². The highest BCUT2D eigenvalue weighted by Gasteiger charge is 2.42. The number of nitrogens with zero attached hydrogens (tertiary/aromatic N) is 3. The van der Waals surface area contributed by atoms with Crippen molar-refractivity contribution >= 4 is 23.7 Å². The predicted molar refractivity (Wildman–Crippen MR) is 80.5 cm³/mol. The summed E-state index contributed by atoms with van der Waals surface area (Å²) in [6.45, 7) is 6.04. The Bertz CT molecular complexity index is 537. The number of hydrogen-bond donors (Lipinski definition) is 0. The van der Waals surface area contributed by atoms with Crippen molar-refractivity contribution in [2.45, 2.75) is 32.9 Å². The summed E-state index contributed by atoms with van der Waals surface area (Å²) in [7, 11) is 0. The second-order valence-corrected chi connectivity index (χ2v) is 5.97. The molecule has 4 nitrogen and oxygen atoms in total. The summed E-state index contributed by atoms with van der Waals surface area (Å²) in [6.07, 6.45) is 2.14. The zero-order valence-electron chi connectivity index (χ0n) is 11.9. The molecule has 0 saturated heterocycles. The Hall–Kier alpha value is -1.55. The van der Waals surface area contributed by atoms with E-state index < -0.39 is 5.66 Å². The quantitative estimate of drug-likeness (QED) is 0.742. The van der Waals surface area contributed by atoms with E-state index in [0.717, 1.165) is 0 Å². The van der Waals surface area contributed by atoms with Gasteiger partial charge >= 0.3 is 0 Å². The van der Waals surface area contributed by atoms with Crippen molar-refractivity contribution in [3.63, 3.8) is 0 Å². The number of carbonyl (C=O) groups is 1. The molecule has 0 amide bonds. The third-order valence-corrected chi connectivity index (χ3v) is 3.74. The van der Waals surface area contributed by atoms with Crippen molar-refractivity contribution in [3.05, 3.63) is 34.9 Å². The van der Waals surface area contributed by atoms with Crippen LogP contribution in [0.2, 0.25) is 5.02 Å². The zero-order valence-corrected chi connectivity index (χ0v) is 12.6. The van der Waals surface area contributed by atoms with Crippen LogP contribution in [0.15, 0.2) is 39.5 Å². The molecule has 20 heavy (non-hydrogen) atoms. The minimum absolute atomic E-state index is 0.0142. The third kappa shape index (κ3) is 2.96. The first-order chi connectivity index (χ1) is 9.44. The van der Waals surface area contributed by atoms with Crippen molar-refractivity contribution in [1.29, 1.82) is 0 Å². The Labute approximate surface area is 124 Å². The number of halogens is 1. The van der Waals surface area contributed by atoms with E-state index in [9.17, 15) is 4.79 Å². The molecule has 0 spiro atoms. The van der Waals surface area contributed by atoms with Crippen molar-refractivity contribution in [2.75, 3.05) is 0 Å². The van der Waals surface area contributed by atoms with E-state index in [0.29, 0.717) is 22.9 Å². The molecule has 0 aromatic heterocycles. The predicted octanol–water partition coefficient (Wildman–Crippen LogP) is 4.40. The number of ketones is 1. The maximum atomic E-state index is 12.6. The van der Waals surface area contributed by atoms with Gasteiger partial charge in [-0.2, -0.15) is 5.11 Å². The van der Waals surface area contributed by atoms with E-state index in [-0.39, 0.29) is 11.7 Å². The molecule has 106 valence electrons. The van der Waals surface area contributed by atoms with E-state index in [1.165, 1.54) is 6.34 Å². The van der Waals surface area contributed by atoms with Crippen LogP contribution in [-0.2, 0) is 0 Å². The second kappa shape index (κ2) is 5.83. The molecule has 1 heterocycles. The highest BCUT2D eigenvalue weighted by molar-refractivity contribution is 6.30. The topological polar surface area (TPSA) is 54.1 Å². The maximum Gasteiger partial charge on any atom is 0.182 e. The highest BCUT2D eigenvalue weighted by Crippen LogP contribution is 2.35. The van der Waals surface area contributed by atoms with Gasteiger partial charge in [0.15, 0.2) is 11.4 Å². The first-order valence-electron chi connectivity index (χ1n) is 6.70. The van der Waals surface area contributed by atoms with Crippen molar-refractivity contribution in [3.8, 4) is 0 Å². The van der Waals surface area contributed by atoms with Crippen LogP contribution in [0.3, 0.4) is 0 Å². The lowest BCUT2D eigenvalue weighted by Crippen LogP contribution is -2.37. The second-order valence-electron chi connectivity index (χ2n) is 5.53. The Morgan fingerprint density at radius 2 is 1.90 bits per heavy atom. The van der Waals surface area contributed by atoms with Gasteiger partial charge in [-0.15, -0.1) is 5.11 Å². The lowest BCUT2D eigenvalue weighted by Gasteiger charge is -2.29. The number of Topliss-reactive ketones (excluding diaryl/α,β-unsaturated/α-hetero) is 1. The standard InChI is InChI=1S/C15H18ClN3O/c1-10(2)8-15(17-9-18-19-15)11(3)14(20)12-4-6-13(16)7-5-12/h4-7,9-11H,8H2,1-3H3. The summed E-state index contributed by atoms with van der Waals surface area (Å²) in [6, 6.07) is 6.91. The molecule has 0 fully saturated rings. The molecule has 0 radical (unpaired) electrons. The summed E-state index contributed by atoms with van der Waals surface area (Å²) >= 11 is 5.85. The Balaban J connectivity index is 2.26. The first-order valence-corrected chi connectivity index (χ1v) is 7.08. The minimum Gasteiger partial charge on any atom is -0.294 e. The number of benzene rings is 1. The monoisotopic (exact) mass is 291 g/mol. The summed E-state index contributed by atoms with van der Waals surface area (Å²) in [5.41, 5.74) is -0.132. The van der Waals surface area contributed by atoms with Gasteiger partial charge < -0.3 is 0 Å². The number of aliphatic imine (C=N–C) groups is 1. The molecule has 0 aliphatic carbocycles. The van der Waals surface area contributed by atoms with E-state index in [2.05, 4.69) is 29.1 Å². The van der Waals surface area contributed by atoms with Gasteiger partial charge in [0.1, 0.15) is 6.34 Å². The summed E-state index contributed by atoms with van der Waals surface area (Å²) in [5, 5.41) is 8.70. The molecule has 1 aromatic carbocycles. The molecular weight excluding hydrogens is 274 g/mol. The van der Waals surface area contributed by atoms with Gasteiger partial charge in [-0.05, 0) is 36.6 Å². The van der Waals surface area contributed by atoms with Gasteiger partial charge in [-0.1, -0.05) is 32.4 Å². The van der Waals surface area contributed by atoms with Crippen LogP contribution in [0.4, 0.5) is 0 Å². The van der Waals surface area contributed by atoms with Crippen LogP contribution in [-0.4, -0.2) is 17.8 Å². The molecule has 2 atom stereocenters. The largest absolute Gasteiger partial charge is 0.294 e. The molecule has 5 heteroatoms. The van der Waals surface area contributed by atoms with Crippen LogP contribution in [0, 0.1) is 11.8 Å². The highest BCUT2D eigenvalue weighted by atomic mass is 35.5. The first kappa shape index (κ1) is 14.9. The molecule has 1 aliphatic heterocycles. The van der Waals surface area contributed by atoms with Crippen molar-refractivity contribution in [1.82, 2.24) is 0 Å². The van der Waals surface area contributed by atoms with E-state index >= 15 is 0 Å². The fraction of sp³-hybridized carbons (Fsp3) is 0.467. The molecule has 0 N–H and O–H groups in total.